The van der Waals surface area contributed by atoms with Crippen LogP contribution in [0.2, 0.25) is 0 Å². The zero-order chi connectivity index (χ0) is 45.2. The quantitative estimate of drug-likeness (QED) is 0.162. The molecule has 0 spiro atoms. The highest BCUT2D eigenvalue weighted by atomic mass is 32.1. The molecule has 0 N–H and O–H groups in total. The number of rotatable bonds is 5. The average Bonchev–Trinajstić information content (AvgIpc) is 4.09. The molecule has 15 aromatic rings. The van der Waals surface area contributed by atoms with Crippen LogP contribution in [0, 0.1) is 0 Å². The molecule has 69 heavy (non-hydrogen) atoms. The summed E-state index contributed by atoms with van der Waals surface area (Å²) in [7, 11) is 0. The molecule has 320 valence electrons. The van der Waals surface area contributed by atoms with Crippen molar-refractivity contribution in [2.75, 3.05) is 0 Å². The lowest BCUT2D eigenvalue weighted by molar-refractivity contribution is 1.07. The molecule has 0 bridgehead atoms. The van der Waals surface area contributed by atoms with Crippen molar-refractivity contribution < 1.29 is 0 Å². The van der Waals surface area contributed by atoms with Crippen molar-refractivity contribution in [3.63, 3.8) is 0 Å². The number of benzene rings is 11. The van der Waals surface area contributed by atoms with Crippen molar-refractivity contribution in [3.05, 3.63) is 224 Å². The first-order valence-electron chi connectivity index (χ1n) is 23.3. The van der Waals surface area contributed by atoms with E-state index in [4.69, 9.17) is 15.0 Å². The lowest BCUT2D eigenvalue weighted by Crippen LogP contribution is -2.00. The number of aromatic nitrogens is 5. The Morgan fingerprint density at radius 1 is 0.275 bits per heavy atom. The maximum atomic E-state index is 5.08. The smallest absolute Gasteiger partial charge is 0.164 e. The van der Waals surface area contributed by atoms with Gasteiger partial charge in [-0.05, 0) is 86.9 Å². The van der Waals surface area contributed by atoms with Crippen LogP contribution < -0.4 is 0 Å². The Hall–Kier alpha value is -8.97. The third-order valence-electron chi connectivity index (χ3n) is 14.1. The minimum absolute atomic E-state index is 0.644. The molecule has 4 heterocycles. The average molecular weight is 896 g/mol. The van der Waals surface area contributed by atoms with Gasteiger partial charge >= 0.3 is 0 Å². The van der Waals surface area contributed by atoms with E-state index in [1.165, 1.54) is 90.7 Å². The molecule has 15 rings (SSSR count). The van der Waals surface area contributed by atoms with E-state index < -0.39 is 0 Å². The number of hydrogen-bond acceptors (Lipinski definition) is 4. The van der Waals surface area contributed by atoms with E-state index in [-0.39, 0.29) is 0 Å². The first-order valence-corrected chi connectivity index (χ1v) is 24.2. The fraction of sp³-hybridized carbons (Fsp3) is 0. The van der Waals surface area contributed by atoms with Crippen LogP contribution in [-0.4, -0.2) is 24.1 Å². The van der Waals surface area contributed by atoms with Gasteiger partial charge in [-0.1, -0.05) is 170 Å². The number of hydrogen-bond donors (Lipinski definition) is 0. The summed E-state index contributed by atoms with van der Waals surface area (Å²) in [5.74, 6) is 1.94. The molecule has 5 nitrogen and oxygen atoms in total. The summed E-state index contributed by atoms with van der Waals surface area (Å²) in [6, 6.07) is 81.0. The molecule has 0 amide bonds. The van der Waals surface area contributed by atoms with E-state index in [0.29, 0.717) is 17.5 Å². The molecule has 4 aromatic heterocycles. The van der Waals surface area contributed by atoms with Gasteiger partial charge in [0.25, 0.3) is 0 Å². The van der Waals surface area contributed by atoms with Crippen LogP contribution in [0.15, 0.2) is 224 Å². The predicted octanol–water partition coefficient (Wildman–Crippen LogP) is 16.9. The van der Waals surface area contributed by atoms with Crippen LogP contribution in [0.1, 0.15) is 0 Å². The van der Waals surface area contributed by atoms with Crippen molar-refractivity contribution in [2.24, 2.45) is 0 Å². The third kappa shape index (κ3) is 5.73. The Labute approximate surface area is 399 Å². The largest absolute Gasteiger partial charge is 0.309 e. The highest BCUT2D eigenvalue weighted by molar-refractivity contribution is 7.26. The molecule has 0 atom stereocenters. The van der Waals surface area contributed by atoms with Gasteiger partial charge in [0.1, 0.15) is 0 Å². The van der Waals surface area contributed by atoms with Crippen molar-refractivity contribution in [1.82, 2.24) is 24.1 Å². The molecule has 0 aliphatic carbocycles. The minimum atomic E-state index is 0.644. The van der Waals surface area contributed by atoms with E-state index in [9.17, 15) is 0 Å². The molecule has 6 heteroatoms. The van der Waals surface area contributed by atoms with Crippen LogP contribution >= 0.6 is 11.3 Å². The van der Waals surface area contributed by atoms with Crippen LogP contribution in [0.3, 0.4) is 0 Å². The highest BCUT2D eigenvalue weighted by Crippen LogP contribution is 2.45. The molecular formula is C63H37N5S. The Morgan fingerprint density at radius 2 is 0.725 bits per heavy atom. The molecule has 0 unspecified atom stereocenters. The number of para-hydroxylation sites is 2. The lowest BCUT2D eigenvalue weighted by atomic mass is 9.93. The van der Waals surface area contributed by atoms with Gasteiger partial charge in [0, 0.05) is 65.1 Å². The second kappa shape index (κ2) is 14.8. The van der Waals surface area contributed by atoms with Gasteiger partial charge in [-0.2, -0.15) is 0 Å². The van der Waals surface area contributed by atoms with Gasteiger partial charge in [-0.15, -0.1) is 11.3 Å². The fourth-order valence-electron chi connectivity index (χ4n) is 11.0. The Morgan fingerprint density at radius 3 is 1.42 bits per heavy atom. The summed E-state index contributed by atoms with van der Waals surface area (Å²) in [5.41, 5.74) is 9.95. The highest BCUT2D eigenvalue weighted by Gasteiger charge is 2.21. The second-order valence-corrected chi connectivity index (χ2v) is 19.0. The second-order valence-electron chi connectivity index (χ2n) is 17.9. The van der Waals surface area contributed by atoms with E-state index >= 15 is 0 Å². The third-order valence-corrected chi connectivity index (χ3v) is 15.3. The van der Waals surface area contributed by atoms with Gasteiger partial charge in [-0.25, -0.2) is 15.0 Å². The predicted molar refractivity (Wildman–Crippen MR) is 290 cm³/mol. The summed E-state index contributed by atoms with van der Waals surface area (Å²) in [4.78, 5) is 15.1. The first kappa shape index (κ1) is 38.2. The summed E-state index contributed by atoms with van der Waals surface area (Å²) < 4.78 is 7.57. The lowest BCUT2D eigenvalue weighted by Gasteiger charge is -2.15. The summed E-state index contributed by atoms with van der Waals surface area (Å²) in [6.07, 6.45) is 0. The van der Waals surface area contributed by atoms with E-state index in [1.807, 2.05) is 47.7 Å². The zero-order valence-corrected chi connectivity index (χ0v) is 37.8. The summed E-state index contributed by atoms with van der Waals surface area (Å²) >= 11 is 1.89. The van der Waals surface area contributed by atoms with E-state index in [2.05, 4.69) is 197 Å². The fourth-order valence-corrected chi connectivity index (χ4v) is 12.3. The number of fused-ring (bicyclic) bond motifs is 16. The van der Waals surface area contributed by atoms with Crippen LogP contribution in [0.4, 0.5) is 0 Å². The van der Waals surface area contributed by atoms with Crippen LogP contribution in [0.25, 0.3) is 142 Å². The summed E-state index contributed by atoms with van der Waals surface area (Å²) in [6.45, 7) is 0. The Balaban J connectivity index is 0.911. The normalized spacial score (nSPS) is 12.1. The van der Waals surface area contributed by atoms with Crippen molar-refractivity contribution in [1.29, 1.82) is 0 Å². The van der Waals surface area contributed by atoms with Gasteiger partial charge in [0.05, 0.1) is 26.8 Å². The van der Waals surface area contributed by atoms with E-state index in [0.717, 1.165) is 33.5 Å². The molecule has 0 fully saturated rings. The molecule has 0 saturated carbocycles. The van der Waals surface area contributed by atoms with Gasteiger partial charge in [0.2, 0.25) is 0 Å². The summed E-state index contributed by atoms with van der Waals surface area (Å²) in [5, 5.41) is 14.7. The van der Waals surface area contributed by atoms with Gasteiger partial charge in [-0.3, -0.25) is 0 Å². The number of thiophene rings is 1. The van der Waals surface area contributed by atoms with Crippen molar-refractivity contribution in [2.45, 2.75) is 0 Å². The Bertz CT molecular complexity index is 4520. The van der Waals surface area contributed by atoms with Gasteiger partial charge < -0.3 is 9.13 Å². The maximum Gasteiger partial charge on any atom is 0.164 e. The van der Waals surface area contributed by atoms with Crippen molar-refractivity contribution >= 4 is 107 Å². The standard InChI is InChI=1S/C63H37N5S/c1-3-15-38(16-4-1)61-64-62(39-17-5-2-6-18-39)66-63(65-61)40-27-30-45-46-31-28-41(36-53(46)44-20-8-7-19-43(44)52(45)35-40)67-55-24-12-10-22-48(55)54-37-42(29-34-57(54)67)68-56-25-13-9-21-47(56)50-32-33-51-49-23-11-14-26-58(49)69-60(51)59(50)68/h1-37H. The molecule has 0 aliphatic rings. The molecule has 0 aliphatic heterocycles. The monoisotopic (exact) mass is 895 g/mol. The molecular weight excluding hydrogens is 859 g/mol. The Kier molecular flexibility index (Phi) is 8.17. The van der Waals surface area contributed by atoms with Crippen LogP contribution in [0.5, 0.6) is 0 Å². The van der Waals surface area contributed by atoms with Crippen molar-refractivity contribution in [3.8, 4) is 45.5 Å². The van der Waals surface area contributed by atoms with E-state index in [1.54, 1.807) is 0 Å². The minimum Gasteiger partial charge on any atom is -0.309 e. The first-order chi connectivity index (χ1) is 34.2. The van der Waals surface area contributed by atoms with Gasteiger partial charge in [0.15, 0.2) is 17.5 Å². The topological polar surface area (TPSA) is 48.5 Å². The number of nitrogens with zero attached hydrogens (tertiary/aromatic N) is 5. The maximum absolute atomic E-state index is 5.08. The van der Waals surface area contributed by atoms with Crippen LogP contribution in [-0.2, 0) is 0 Å². The SMILES string of the molecule is c1ccc(-c2nc(-c3ccccc3)nc(-c3ccc4c5ccc(-n6c7ccccc7c7cc(-n8c9ccccc9c9ccc%10c%11ccccc%11sc%10c98)ccc76)cc5c5ccccc5c4c3)n2)cc1. The zero-order valence-electron chi connectivity index (χ0n) is 37.0. The molecule has 0 radical (unpaired) electrons. The molecule has 11 aromatic carbocycles. The molecule has 0 saturated heterocycles.